The molecular formula is C14H14NO2+. The second kappa shape index (κ2) is 3.86. The van der Waals surface area contributed by atoms with Gasteiger partial charge in [-0.05, 0) is 24.3 Å². The van der Waals surface area contributed by atoms with Gasteiger partial charge >= 0.3 is 0 Å². The molecule has 0 fully saturated rings. The zero-order valence-corrected chi connectivity index (χ0v) is 9.63. The molecular weight excluding hydrogens is 214 g/mol. The molecule has 0 radical (unpaired) electrons. The van der Waals surface area contributed by atoms with Crippen LogP contribution < -0.4 is 9.30 Å². The maximum absolute atomic E-state index is 10.4. The molecule has 86 valence electrons. The van der Waals surface area contributed by atoms with Gasteiger partial charge in [0.2, 0.25) is 5.69 Å². The van der Waals surface area contributed by atoms with Crippen molar-refractivity contribution in [3.05, 3.63) is 59.4 Å². The second-order valence-corrected chi connectivity index (χ2v) is 4.22. The summed E-state index contributed by atoms with van der Waals surface area (Å²) in [6, 6.07) is 11.7. The van der Waals surface area contributed by atoms with Crippen LogP contribution >= 0.6 is 0 Å². The lowest BCUT2D eigenvalue weighted by molar-refractivity contribution is -0.701. The van der Waals surface area contributed by atoms with E-state index in [0.29, 0.717) is 0 Å². The summed E-state index contributed by atoms with van der Waals surface area (Å²) in [5, 5.41) is 10.4. The predicted octanol–water partition coefficient (Wildman–Crippen LogP) is 1.43. The van der Waals surface area contributed by atoms with Gasteiger partial charge in [0.05, 0.1) is 7.11 Å². The zero-order chi connectivity index (χ0) is 11.8. The number of nitrogens with zero attached hydrogens (tertiary/aromatic N) is 1. The lowest BCUT2D eigenvalue weighted by atomic mass is 9.95. The van der Waals surface area contributed by atoms with Gasteiger partial charge in [-0.3, -0.25) is 0 Å². The number of fused-ring (bicyclic) bond motifs is 2. The van der Waals surface area contributed by atoms with E-state index in [0.717, 1.165) is 29.1 Å². The molecule has 1 aromatic heterocycles. The Morgan fingerprint density at radius 2 is 2.18 bits per heavy atom. The third-order valence-corrected chi connectivity index (χ3v) is 3.24. The molecule has 1 aliphatic rings. The van der Waals surface area contributed by atoms with Crippen LogP contribution in [0.1, 0.15) is 22.9 Å². The van der Waals surface area contributed by atoms with Crippen LogP contribution in [0.4, 0.5) is 0 Å². The number of aliphatic hydroxyl groups excluding tert-OH is 1. The topological polar surface area (TPSA) is 33.3 Å². The maximum Gasteiger partial charge on any atom is 0.215 e. The average molecular weight is 228 g/mol. The van der Waals surface area contributed by atoms with Crippen LogP contribution in [-0.4, -0.2) is 12.2 Å². The van der Waals surface area contributed by atoms with E-state index in [-0.39, 0.29) is 0 Å². The van der Waals surface area contributed by atoms with Crippen LogP contribution in [0.5, 0.6) is 5.75 Å². The van der Waals surface area contributed by atoms with Crippen molar-refractivity contribution < 1.29 is 14.4 Å². The monoisotopic (exact) mass is 228 g/mol. The number of ether oxygens (including phenoxy) is 1. The zero-order valence-electron chi connectivity index (χ0n) is 9.63. The predicted molar refractivity (Wildman–Crippen MR) is 62.8 cm³/mol. The fourth-order valence-corrected chi connectivity index (χ4v) is 2.32. The van der Waals surface area contributed by atoms with Crippen LogP contribution in [0.25, 0.3) is 0 Å². The number of aromatic nitrogens is 1. The van der Waals surface area contributed by atoms with Gasteiger partial charge < -0.3 is 9.84 Å². The Bertz CT molecular complexity index is 566. The molecule has 2 aromatic rings. The Balaban J connectivity index is 2.13. The first-order chi connectivity index (χ1) is 8.29. The van der Waals surface area contributed by atoms with Gasteiger partial charge in [-0.25, -0.2) is 0 Å². The average Bonchev–Trinajstić information content (AvgIpc) is 2.39. The molecule has 0 spiro atoms. The van der Waals surface area contributed by atoms with Crippen molar-refractivity contribution in [2.45, 2.75) is 12.6 Å². The smallest absolute Gasteiger partial charge is 0.215 e. The van der Waals surface area contributed by atoms with Gasteiger partial charge in [0.25, 0.3) is 0 Å². The van der Waals surface area contributed by atoms with Crippen molar-refractivity contribution in [1.82, 2.24) is 0 Å². The standard InChI is InChI=1S/C14H14NO2/c1-17-11-6-5-10-9-15-7-3-2-4-13(15)14(16)12(10)8-11/h2-8,14,16H,9H2,1H3/q+1. The minimum absolute atomic E-state index is 0.574. The number of pyridine rings is 1. The van der Waals surface area contributed by atoms with E-state index in [4.69, 9.17) is 4.74 Å². The Morgan fingerprint density at radius 3 is 3.00 bits per heavy atom. The molecule has 0 amide bonds. The molecule has 3 rings (SSSR count). The first kappa shape index (κ1) is 10.3. The van der Waals surface area contributed by atoms with Crippen molar-refractivity contribution >= 4 is 0 Å². The van der Waals surface area contributed by atoms with Gasteiger partial charge in [0, 0.05) is 23.3 Å². The van der Waals surface area contributed by atoms with Crippen LogP contribution in [-0.2, 0) is 6.54 Å². The fraction of sp³-hybridized carbons (Fsp3) is 0.214. The highest BCUT2D eigenvalue weighted by atomic mass is 16.5. The number of rotatable bonds is 1. The molecule has 1 N–H and O–H groups in total. The molecule has 17 heavy (non-hydrogen) atoms. The van der Waals surface area contributed by atoms with Gasteiger partial charge in [-0.2, -0.15) is 4.57 Å². The highest BCUT2D eigenvalue weighted by molar-refractivity contribution is 5.40. The summed E-state index contributed by atoms with van der Waals surface area (Å²) in [6.45, 7) is 0.798. The summed E-state index contributed by atoms with van der Waals surface area (Å²) in [7, 11) is 1.64. The molecule has 0 bridgehead atoms. The molecule has 0 aliphatic carbocycles. The van der Waals surface area contributed by atoms with Gasteiger partial charge in [0.1, 0.15) is 5.75 Å². The lowest BCUT2D eigenvalue weighted by Gasteiger charge is -2.19. The summed E-state index contributed by atoms with van der Waals surface area (Å²) in [4.78, 5) is 0. The first-order valence-corrected chi connectivity index (χ1v) is 5.63. The minimum atomic E-state index is -0.574. The largest absolute Gasteiger partial charge is 0.497 e. The minimum Gasteiger partial charge on any atom is -0.497 e. The molecule has 1 unspecified atom stereocenters. The van der Waals surface area contributed by atoms with E-state index in [9.17, 15) is 5.11 Å². The van der Waals surface area contributed by atoms with Crippen molar-refractivity contribution in [3.63, 3.8) is 0 Å². The van der Waals surface area contributed by atoms with Crippen molar-refractivity contribution in [1.29, 1.82) is 0 Å². The number of benzene rings is 1. The normalized spacial score (nSPS) is 17.2. The van der Waals surface area contributed by atoms with E-state index in [1.54, 1.807) is 7.11 Å². The number of hydrogen-bond acceptors (Lipinski definition) is 2. The third kappa shape index (κ3) is 1.59. The molecule has 1 aliphatic heterocycles. The molecule has 3 nitrogen and oxygen atoms in total. The fourth-order valence-electron chi connectivity index (χ4n) is 2.32. The van der Waals surface area contributed by atoms with Crippen molar-refractivity contribution in [2.24, 2.45) is 0 Å². The van der Waals surface area contributed by atoms with Crippen LogP contribution in [0.3, 0.4) is 0 Å². The quantitative estimate of drug-likeness (QED) is 0.749. The van der Waals surface area contributed by atoms with Gasteiger partial charge in [0.15, 0.2) is 18.8 Å². The molecule has 1 atom stereocenters. The Kier molecular flexibility index (Phi) is 2.34. The first-order valence-electron chi connectivity index (χ1n) is 5.63. The summed E-state index contributed by atoms with van der Waals surface area (Å²) in [5.74, 6) is 0.784. The molecule has 1 aromatic carbocycles. The Morgan fingerprint density at radius 1 is 1.29 bits per heavy atom. The molecule has 0 saturated carbocycles. The van der Waals surface area contributed by atoms with Crippen LogP contribution in [0.15, 0.2) is 42.6 Å². The number of hydrogen-bond donors (Lipinski definition) is 1. The van der Waals surface area contributed by atoms with Gasteiger partial charge in [-0.15, -0.1) is 0 Å². The van der Waals surface area contributed by atoms with Crippen LogP contribution in [0, 0.1) is 0 Å². The van der Waals surface area contributed by atoms with E-state index in [1.165, 1.54) is 0 Å². The van der Waals surface area contributed by atoms with Crippen molar-refractivity contribution in [3.8, 4) is 5.75 Å². The second-order valence-electron chi connectivity index (χ2n) is 4.22. The van der Waals surface area contributed by atoms with E-state index in [1.807, 2.05) is 42.6 Å². The van der Waals surface area contributed by atoms with Crippen LogP contribution in [0.2, 0.25) is 0 Å². The molecule has 0 saturated heterocycles. The molecule has 2 heterocycles. The summed E-state index contributed by atoms with van der Waals surface area (Å²) >= 11 is 0. The maximum atomic E-state index is 10.4. The number of methoxy groups -OCH3 is 1. The van der Waals surface area contributed by atoms with E-state index >= 15 is 0 Å². The summed E-state index contributed by atoms with van der Waals surface area (Å²) < 4.78 is 7.27. The van der Waals surface area contributed by atoms with E-state index in [2.05, 4.69) is 4.57 Å². The summed E-state index contributed by atoms with van der Waals surface area (Å²) in [6.07, 6.45) is 1.42. The highest BCUT2D eigenvalue weighted by Crippen LogP contribution is 2.29. The van der Waals surface area contributed by atoms with E-state index < -0.39 is 6.10 Å². The van der Waals surface area contributed by atoms with Crippen molar-refractivity contribution in [2.75, 3.05) is 7.11 Å². The number of aliphatic hydroxyl groups is 1. The van der Waals surface area contributed by atoms with Gasteiger partial charge in [-0.1, -0.05) is 0 Å². The lowest BCUT2D eigenvalue weighted by Crippen LogP contribution is -2.43. The SMILES string of the molecule is COc1ccc2c(c1)C(O)c1cccc[n+]1C2. The Hall–Kier alpha value is -1.87. The summed E-state index contributed by atoms with van der Waals surface area (Å²) in [5.41, 5.74) is 3.01. The highest BCUT2D eigenvalue weighted by Gasteiger charge is 2.29. The Labute approximate surface area is 99.9 Å². The molecule has 3 heteroatoms. The third-order valence-electron chi connectivity index (χ3n) is 3.24.